The van der Waals surface area contributed by atoms with Crippen LogP contribution in [0.1, 0.15) is 29.8 Å². The summed E-state index contributed by atoms with van der Waals surface area (Å²) >= 11 is 0. The zero-order valence-corrected chi connectivity index (χ0v) is 16.7. The minimum absolute atomic E-state index is 0.0883. The molecule has 30 heavy (non-hydrogen) atoms. The number of anilines is 1. The van der Waals surface area contributed by atoms with Gasteiger partial charge in [0, 0.05) is 41.5 Å². The Bertz CT molecular complexity index is 1040. The maximum Gasteiger partial charge on any atom is 0.251 e. The molecule has 0 atom stereocenters. The number of hydrogen-bond acceptors (Lipinski definition) is 4. The summed E-state index contributed by atoms with van der Waals surface area (Å²) in [6, 6.07) is 15.9. The molecule has 3 rings (SSSR count). The highest BCUT2D eigenvalue weighted by Crippen LogP contribution is 2.23. The molecule has 0 unspecified atom stereocenters. The van der Waals surface area contributed by atoms with Crippen LogP contribution in [-0.2, 0) is 11.3 Å². The van der Waals surface area contributed by atoms with Crippen molar-refractivity contribution in [3.05, 3.63) is 83.8 Å². The number of carbonyl (C=O) groups is 2. The van der Waals surface area contributed by atoms with E-state index < -0.39 is 5.82 Å². The van der Waals surface area contributed by atoms with Gasteiger partial charge in [-0.1, -0.05) is 26.0 Å². The SMILES string of the molecule is CC(C)C(=O)Nc1ccc(C(=O)NCc2cccnc2Oc2cccc(F)c2)cc1. The van der Waals surface area contributed by atoms with Crippen molar-refractivity contribution in [2.45, 2.75) is 20.4 Å². The lowest BCUT2D eigenvalue weighted by Crippen LogP contribution is -2.23. The van der Waals surface area contributed by atoms with Gasteiger partial charge < -0.3 is 15.4 Å². The summed E-state index contributed by atoms with van der Waals surface area (Å²) in [5.41, 5.74) is 1.73. The smallest absolute Gasteiger partial charge is 0.251 e. The molecule has 0 aliphatic carbocycles. The number of carbonyl (C=O) groups excluding carboxylic acids is 2. The van der Waals surface area contributed by atoms with Crippen LogP contribution in [0.25, 0.3) is 0 Å². The van der Waals surface area contributed by atoms with Gasteiger partial charge in [-0.15, -0.1) is 0 Å². The largest absolute Gasteiger partial charge is 0.439 e. The van der Waals surface area contributed by atoms with Crippen molar-refractivity contribution in [1.29, 1.82) is 0 Å². The van der Waals surface area contributed by atoms with E-state index in [9.17, 15) is 14.0 Å². The van der Waals surface area contributed by atoms with Crippen LogP contribution < -0.4 is 15.4 Å². The molecule has 7 heteroatoms. The van der Waals surface area contributed by atoms with Crippen LogP contribution in [-0.4, -0.2) is 16.8 Å². The zero-order valence-electron chi connectivity index (χ0n) is 16.7. The van der Waals surface area contributed by atoms with E-state index in [2.05, 4.69) is 15.6 Å². The fraction of sp³-hybridized carbons (Fsp3) is 0.174. The normalized spacial score (nSPS) is 10.5. The van der Waals surface area contributed by atoms with Crippen LogP contribution in [0.4, 0.5) is 10.1 Å². The number of hydrogen-bond donors (Lipinski definition) is 2. The third-order valence-corrected chi connectivity index (χ3v) is 4.24. The van der Waals surface area contributed by atoms with E-state index in [-0.39, 0.29) is 30.2 Å². The molecule has 0 aliphatic rings. The third kappa shape index (κ3) is 5.64. The molecular weight excluding hydrogens is 385 g/mol. The monoisotopic (exact) mass is 407 g/mol. The first-order chi connectivity index (χ1) is 14.4. The highest BCUT2D eigenvalue weighted by molar-refractivity contribution is 5.96. The third-order valence-electron chi connectivity index (χ3n) is 4.24. The lowest BCUT2D eigenvalue weighted by molar-refractivity contribution is -0.118. The van der Waals surface area contributed by atoms with Crippen LogP contribution in [0.15, 0.2) is 66.9 Å². The van der Waals surface area contributed by atoms with Crippen molar-refractivity contribution < 1.29 is 18.7 Å². The number of benzene rings is 2. The van der Waals surface area contributed by atoms with Crippen molar-refractivity contribution in [1.82, 2.24) is 10.3 Å². The molecule has 3 aromatic rings. The number of nitrogens with zero attached hydrogens (tertiary/aromatic N) is 1. The topological polar surface area (TPSA) is 80.3 Å². The Labute approximate surface area is 174 Å². The van der Waals surface area contributed by atoms with Gasteiger partial charge in [0.05, 0.1) is 0 Å². The van der Waals surface area contributed by atoms with Crippen LogP contribution in [0, 0.1) is 11.7 Å². The second-order valence-electron chi connectivity index (χ2n) is 6.93. The van der Waals surface area contributed by atoms with Gasteiger partial charge in [0.15, 0.2) is 0 Å². The molecule has 0 spiro atoms. The van der Waals surface area contributed by atoms with E-state index in [1.807, 2.05) is 13.8 Å². The molecule has 1 heterocycles. The van der Waals surface area contributed by atoms with Gasteiger partial charge in [0.1, 0.15) is 11.6 Å². The van der Waals surface area contributed by atoms with E-state index >= 15 is 0 Å². The molecule has 0 saturated heterocycles. The number of ether oxygens (including phenoxy) is 1. The zero-order chi connectivity index (χ0) is 21.5. The molecule has 2 aromatic carbocycles. The van der Waals surface area contributed by atoms with E-state index in [1.165, 1.54) is 12.1 Å². The van der Waals surface area contributed by atoms with Crippen LogP contribution in [0.2, 0.25) is 0 Å². The highest BCUT2D eigenvalue weighted by atomic mass is 19.1. The van der Waals surface area contributed by atoms with Gasteiger partial charge in [-0.25, -0.2) is 9.37 Å². The average Bonchev–Trinajstić information content (AvgIpc) is 2.73. The quantitative estimate of drug-likeness (QED) is 0.603. The van der Waals surface area contributed by atoms with Gasteiger partial charge in [-0.2, -0.15) is 0 Å². The predicted octanol–water partition coefficient (Wildman–Crippen LogP) is 4.54. The fourth-order valence-corrected chi connectivity index (χ4v) is 2.56. The standard InChI is InChI=1S/C23H22FN3O3/c1-15(2)21(28)27-19-10-8-16(9-11-19)22(29)26-14-17-5-4-12-25-23(17)30-20-7-3-6-18(24)13-20/h3-13,15H,14H2,1-2H3,(H,26,29)(H,27,28). The maximum atomic E-state index is 13.4. The lowest BCUT2D eigenvalue weighted by atomic mass is 10.1. The van der Waals surface area contributed by atoms with Crippen molar-refractivity contribution in [3.8, 4) is 11.6 Å². The summed E-state index contributed by atoms with van der Waals surface area (Å²) in [4.78, 5) is 28.4. The lowest BCUT2D eigenvalue weighted by Gasteiger charge is -2.11. The summed E-state index contributed by atoms with van der Waals surface area (Å²) in [5, 5.41) is 5.59. The van der Waals surface area contributed by atoms with Crippen LogP contribution in [0.5, 0.6) is 11.6 Å². The van der Waals surface area contributed by atoms with Crippen LogP contribution in [0.3, 0.4) is 0 Å². The Hall–Kier alpha value is -3.74. The Kier molecular flexibility index (Phi) is 6.75. The molecule has 0 fully saturated rings. The van der Waals surface area contributed by atoms with Crippen molar-refractivity contribution in [2.24, 2.45) is 5.92 Å². The van der Waals surface area contributed by atoms with Gasteiger partial charge in [-0.3, -0.25) is 9.59 Å². The number of aromatic nitrogens is 1. The van der Waals surface area contributed by atoms with Gasteiger partial charge in [-0.05, 0) is 42.5 Å². The Balaban J connectivity index is 1.63. The van der Waals surface area contributed by atoms with Gasteiger partial charge >= 0.3 is 0 Å². The van der Waals surface area contributed by atoms with Crippen molar-refractivity contribution in [2.75, 3.05) is 5.32 Å². The minimum atomic E-state index is -0.411. The first-order valence-electron chi connectivity index (χ1n) is 9.49. The molecule has 2 N–H and O–H groups in total. The predicted molar refractivity (Wildman–Crippen MR) is 112 cm³/mol. The van der Waals surface area contributed by atoms with E-state index in [0.29, 0.717) is 22.6 Å². The van der Waals surface area contributed by atoms with Gasteiger partial charge in [0.25, 0.3) is 5.91 Å². The summed E-state index contributed by atoms with van der Waals surface area (Å²) in [5.74, 6) is -0.301. The van der Waals surface area contributed by atoms with Crippen molar-refractivity contribution >= 4 is 17.5 Å². The second-order valence-corrected chi connectivity index (χ2v) is 6.93. The number of halogens is 1. The first kappa shape index (κ1) is 21.0. The summed E-state index contributed by atoms with van der Waals surface area (Å²) < 4.78 is 19.0. The molecule has 1 aromatic heterocycles. The fourth-order valence-electron chi connectivity index (χ4n) is 2.56. The molecule has 0 aliphatic heterocycles. The Morgan fingerprint density at radius 3 is 2.53 bits per heavy atom. The summed E-state index contributed by atoms with van der Waals surface area (Å²) in [6.07, 6.45) is 1.56. The summed E-state index contributed by atoms with van der Waals surface area (Å²) in [6.45, 7) is 3.80. The molecule has 6 nitrogen and oxygen atoms in total. The molecule has 0 saturated carbocycles. The number of pyridine rings is 1. The average molecular weight is 407 g/mol. The molecular formula is C23H22FN3O3. The molecule has 154 valence electrons. The number of rotatable bonds is 7. The molecule has 0 radical (unpaired) electrons. The number of amides is 2. The summed E-state index contributed by atoms with van der Waals surface area (Å²) in [7, 11) is 0. The van der Waals surface area contributed by atoms with Crippen LogP contribution >= 0.6 is 0 Å². The van der Waals surface area contributed by atoms with Crippen molar-refractivity contribution in [3.63, 3.8) is 0 Å². The molecule has 0 bridgehead atoms. The van der Waals surface area contributed by atoms with E-state index in [4.69, 9.17) is 4.74 Å². The van der Waals surface area contributed by atoms with E-state index in [0.717, 1.165) is 0 Å². The van der Waals surface area contributed by atoms with Gasteiger partial charge in [0.2, 0.25) is 11.8 Å². The maximum absolute atomic E-state index is 13.4. The Morgan fingerprint density at radius 2 is 1.83 bits per heavy atom. The van der Waals surface area contributed by atoms with E-state index in [1.54, 1.807) is 54.7 Å². The molecule has 2 amide bonds. The minimum Gasteiger partial charge on any atom is -0.439 e. The highest BCUT2D eigenvalue weighted by Gasteiger charge is 2.11. The first-order valence-corrected chi connectivity index (χ1v) is 9.49. The number of nitrogens with one attached hydrogen (secondary N) is 2. The Morgan fingerprint density at radius 1 is 1.07 bits per heavy atom. The second kappa shape index (κ2) is 9.65.